The van der Waals surface area contributed by atoms with Gasteiger partial charge in [-0.25, -0.2) is 0 Å². The van der Waals surface area contributed by atoms with Crippen LogP contribution in [-0.4, -0.2) is 71.6 Å². The van der Waals surface area contributed by atoms with E-state index in [-0.39, 0.29) is 0 Å². The fraction of sp³-hybridized carbons (Fsp3) is 1.00. The van der Waals surface area contributed by atoms with Crippen LogP contribution < -0.4 is 0 Å². The fourth-order valence-electron chi connectivity index (χ4n) is 4.14. The minimum Gasteiger partial charge on any atom is -0.304 e. The summed E-state index contributed by atoms with van der Waals surface area (Å²) in [5.41, 5.74) is 0.630. The van der Waals surface area contributed by atoms with Crippen LogP contribution >= 0.6 is 0 Å². The van der Waals surface area contributed by atoms with Crippen LogP contribution in [0.25, 0.3) is 0 Å². The first-order valence-electron chi connectivity index (χ1n) is 8.79. The Morgan fingerprint density at radius 3 is 1.81 bits per heavy atom. The van der Waals surface area contributed by atoms with Crippen LogP contribution in [0.4, 0.5) is 0 Å². The minimum atomic E-state index is 0.299. The normalized spacial score (nSPS) is 29.0. The quantitative estimate of drug-likeness (QED) is 0.736. The van der Waals surface area contributed by atoms with Crippen molar-refractivity contribution in [3.8, 4) is 0 Å². The van der Waals surface area contributed by atoms with E-state index in [0.29, 0.717) is 11.1 Å². The van der Waals surface area contributed by atoms with Crippen LogP contribution in [0.1, 0.15) is 54.4 Å². The van der Waals surface area contributed by atoms with Crippen LogP contribution in [0.5, 0.6) is 0 Å². The molecule has 1 unspecified atom stereocenters. The first kappa shape index (κ1) is 17.2. The zero-order valence-electron chi connectivity index (χ0n) is 15.4. The lowest BCUT2D eigenvalue weighted by atomic mass is 9.83. The predicted molar refractivity (Wildman–Crippen MR) is 91.8 cm³/mol. The van der Waals surface area contributed by atoms with Crippen molar-refractivity contribution in [2.45, 2.75) is 71.5 Å². The summed E-state index contributed by atoms with van der Waals surface area (Å²) in [5.74, 6) is 0.866. The van der Waals surface area contributed by atoms with Gasteiger partial charge in [0.25, 0.3) is 0 Å². The van der Waals surface area contributed by atoms with Crippen molar-refractivity contribution in [3.05, 3.63) is 0 Å². The average Bonchev–Trinajstić information content (AvgIpc) is 2.36. The van der Waals surface area contributed by atoms with Gasteiger partial charge in [0.1, 0.15) is 0 Å². The molecule has 124 valence electrons. The van der Waals surface area contributed by atoms with Crippen molar-refractivity contribution in [1.29, 1.82) is 0 Å². The molecule has 0 radical (unpaired) electrons. The van der Waals surface area contributed by atoms with Crippen molar-refractivity contribution in [1.82, 2.24) is 14.7 Å². The number of likely N-dealkylation sites (N-methyl/N-ethyl adjacent to an activating group) is 1. The summed E-state index contributed by atoms with van der Waals surface area (Å²) in [6.45, 7) is 20.4. The third-order valence-electron chi connectivity index (χ3n) is 5.52. The highest BCUT2D eigenvalue weighted by molar-refractivity contribution is 4.95. The Hall–Kier alpha value is -0.120. The molecule has 2 fully saturated rings. The molecule has 1 atom stereocenters. The molecule has 0 aromatic heterocycles. The highest BCUT2D eigenvalue weighted by atomic mass is 15.3. The summed E-state index contributed by atoms with van der Waals surface area (Å²) in [6.07, 6.45) is 2.73. The van der Waals surface area contributed by atoms with E-state index in [2.05, 4.69) is 63.3 Å². The van der Waals surface area contributed by atoms with Crippen LogP contribution in [0, 0.1) is 5.92 Å². The number of likely N-dealkylation sites (tertiary alicyclic amines) is 1. The Morgan fingerprint density at radius 2 is 1.33 bits per heavy atom. The summed E-state index contributed by atoms with van der Waals surface area (Å²) >= 11 is 0. The lowest BCUT2D eigenvalue weighted by Crippen LogP contribution is -2.62. The first-order valence-corrected chi connectivity index (χ1v) is 8.79. The van der Waals surface area contributed by atoms with Gasteiger partial charge in [0.05, 0.1) is 0 Å². The number of rotatable bonds is 1. The summed E-state index contributed by atoms with van der Waals surface area (Å²) < 4.78 is 0. The van der Waals surface area contributed by atoms with Gasteiger partial charge in [-0.2, -0.15) is 0 Å². The highest BCUT2D eigenvalue weighted by Gasteiger charge is 2.39. The molecule has 0 amide bonds. The van der Waals surface area contributed by atoms with E-state index in [1.165, 1.54) is 45.6 Å². The second-order valence-electron chi connectivity index (χ2n) is 9.19. The molecule has 2 aliphatic heterocycles. The molecule has 0 spiro atoms. The van der Waals surface area contributed by atoms with Crippen LogP contribution in [-0.2, 0) is 0 Å². The Labute approximate surface area is 132 Å². The van der Waals surface area contributed by atoms with Gasteiger partial charge in [0, 0.05) is 36.8 Å². The van der Waals surface area contributed by atoms with Crippen molar-refractivity contribution < 1.29 is 0 Å². The van der Waals surface area contributed by atoms with Gasteiger partial charge in [-0.3, -0.25) is 9.80 Å². The molecule has 0 N–H and O–H groups in total. The molecule has 2 heterocycles. The van der Waals surface area contributed by atoms with Crippen LogP contribution in [0.2, 0.25) is 0 Å². The Balaban J connectivity index is 2.02. The van der Waals surface area contributed by atoms with Crippen LogP contribution in [0.15, 0.2) is 0 Å². The second-order valence-corrected chi connectivity index (χ2v) is 9.19. The summed E-state index contributed by atoms with van der Waals surface area (Å²) in [5, 5.41) is 0. The standard InChI is InChI=1S/C18H37N3/c1-17(2,3)20-10-8-15(9-11-20)16-14-19(7)12-13-21(16)18(4,5)6/h15-16H,8-14H2,1-7H3. The maximum absolute atomic E-state index is 2.78. The molecule has 3 heteroatoms. The third-order valence-corrected chi connectivity index (χ3v) is 5.52. The lowest BCUT2D eigenvalue weighted by Gasteiger charge is -2.52. The maximum Gasteiger partial charge on any atom is 0.0257 e. The van der Waals surface area contributed by atoms with Crippen molar-refractivity contribution in [3.63, 3.8) is 0 Å². The smallest absolute Gasteiger partial charge is 0.0257 e. The molecular weight excluding hydrogens is 258 g/mol. The van der Waals surface area contributed by atoms with E-state index in [0.717, 1.165) is 12.0 Å². The van der Waals surface area contributed by atoms with E-state index in [1.807, 2.05) is 0 Å². The highest BCUT2D eigenvalue weighted by Crippen LogP contribution is 2.32. The van der Waals surface area contributed by atoms with Gasteiger partial charge in [0.15, 0.2) is 0 Å². The molecule has 0 aliphatic carbocycles. The second kappa shape index (κ2) is 6.17. The Morgan fingerprint density at radius 1 is 0.762 bits per heavy atom. The summed E-state index contributed by atoms with van der Waals surface area (Å²) in [7, 11) is 2.29. The molecular formula is C18H37N3. The first-order chi connectivity index (χ1) is 9.59. The molecule has 3 nitrogen and oxygen atoms in total. The number of piperazine rings is 1. The van der Waals surface area contributed by atoms with E-state index in [4.69, 9.17) is 0 Å². The molecule has 0 aromatic rings. The zero-order valence-corrected chi connectivity index (χ0v) is 15.4. The molecule has 0 bridgehead atoms. The van der Waals surface area contributed by atoms with Crippen molar-refractivity contribution >= 4 is 0 Å². The molecule has 2 saturated heterocycles. The third kappa shape index (κ3) is 4.20. The number of piperidine rings is 1. The lowest BCUT2D eigenvalue weighted by molar-refractivity contribution is -0.0303. The Bertz CT molecular complexity index is 331. The van der Waals surface area contributed by atoms with E-state index < -0.39 is 0 Å². The number of hydrogen-bond acceptors (Lipinski definition) is 3. The number of nitrogens with zero attached hydrogens (tertiary/aromatic N) is 3. The molecule has 0 saturated carbocycles. The number of hydrogen-bond donors (Lipinski definition) is 0. The SMILES string of the molecule is CN1CCN(C(C)(C)C)C(C2CCN(C(C)(C)C)CC2)C1. The Kier molecular flexibility index (Phi) is 5.07. The molecule has 2 rings (SSSR count). The predicted octanol–water partition coefficient (Wildman–Crippen LogP) is 2.91. The van der Waals surface area contributed by atoms with Gasteiger partial charge < -0.3 is 4.90 Å². The van der Waals surface area contributed by atoms with Gasteiger partial charge in [0.2, 0.25) is 0 Å². The fourth-order valence-corrected chi connectivity index (χ4v) is 4.14. The van der Waals surface area contributed by atoms with Gasteiger partial charge in [-0.05, 0) is 80.4 Å². The molecule has 0 aromatic carbocycles. The maximum atomic E-state index is 2.78. The molecule has 2 aliphatic rings. The van der Waals surface area contributed by atoms with Crippen molar-refractivity contribution in [2.75, 3.05) is 39.8 Å². The van der Waals surface area contributed by atoms with Gasteiger partial charge >= 0.3 is 0 Å². The van der Waals surface area contributed by atoms with Gasteiger partial charge in [-0.15, -0.1) is 0 Å². The van der Waals surface area contributed by atoms with Crippen molar-refractivity contribution in [2.24, 2.45) is 5.92 Å². The van der Waals surface area contributed by atoms with Crippen LogP contribution in [0.3, 0.4) is 0 Å². The minimum absolute atomic E-state index is 0.299. The van der Waals surface area contributed by atoms with E-state index in [1.54, 1.807) is 0 Å². The summed E-state index contributed by atoms with van der Waals surface area (Å²) in [6, 6.07) is 0.742. The largest absolute Gasteiger partial charge is 0.304 e. The molecule has 21 heavy (non-hydrogen) atoms. The average molecular weight is 296 g/mol. The monoisotopic (exact) mass is 295 g/mol. The topological polar surface area (TPSA) is 9.72 Å². The van der Waals surface area contributed by atoms with E-state index >= 15 is 0 Å². The summed E-state index contributed by atoms with van der Waals surface area (Å²) in [4.78, 5) is 7.98. The zero-order chi connectivity index (χ0) is 15.8. The van der Waals surface area contributed by atoms with Gasteiger partial charge in [-0.1, -0.05) is 0 Å². The van der Waals surface area contributed by atoms with E-state index in [9.17, 15) is 0 Å².